The van der Waals surface area contributed by atoms with Gasteiger partial charge in [0.2, 0.25) is 5.91 Å². The highest BCUT2D eigenvalue weighted by atomic mass is 16.5. The molecule has 1 aromatic heterocycles. The standard InChI is InChI=1S/C14H15N3O2/c1-10-8-17(9-11-6-7-19-16-11)13-5-3-2-4-12(13)15-14(10)18/h2-7,10H,8-9H2,1H3,(H,15,18). The van der Waals surface area contributed by atoms with E-state index in [0.717, 1.165) is 17.1 Å². The first-order valence-electron chi connectivity index (χ1n) is 6.28. The van der Waals surface area contributed by atoms with Crippen molar-refractivity contribution < 1.29 is 9.32 Å². The number of benzene rings is 1. The van der Waals surface area contributed by atoms with Crippen LogP contribution in [0.15, 0.2) is 41.1 Å². The van der Waals surface area contributed by atoms with Gasteiger partial charge in [-0.05, 0) is 12.1 Å². The minimum absolute atomic E-state index is 0.0510. The van der Waals surface area contributed by atoms with Gasteiger partial charge in [-0.1, -0.05) is 24.2 Å². The second-order valence-electron chi connectivity index (χ2n) is 4.78. The lowest BCUT2D eigenvalue weighted by molar-refractivity contribution is -0.119. The zero-order chi connectivity index (χ0) is 13.2. The van der Waals surface area contributed by atoms with Crippen molar-refractivity contribution in [3.8, 4) is 0 Å². The molecule has 0 saturated carbocycles. The Morgan fingerprint density at radius 1 is 1.42 bits per heavy atom. The molecule has 1 unspecified atom stereocenters. The van der Waals surface area contributed by atoms with Gasteiger partial charge in [-0.25, -0.2) is 0 Å². The molecule has 0 spiro atoms. The Morgan fingerprint density at radius 3 is 3.05 bits per heavy atom. The second-order valence-corrected chi connectivity index (χ2v) is 4.78. The van der Waals surface area contributed by atoms with Crippen LogP contribution in [0.5, 0.6) is 0 Å². The van der Waals surface area contributed by atoms with Crippen molar-refractivity contribution >= 4 is 17.3 Å². The number of carbonyl (C=O) groups is 1. The van der Waals surface area contributed by atoms with Gasteiger partial charge in [-0.2, -0.15) is 0 Å². The second kappa shape index (κ2) is 4.76. The lowest BCUT2D eigenvalue weighted by atomic mass is 10.1. The minimum Gasteiger partial charge on any atom is -0.364 e. The molecule has 1 aliphatic heterocycles. The molecule has 1 amide bonds. The van der Waals surface area contributed by atoms with Gasteiger partial charge in [0.15, 0.2) is 0 Å². The summed E-state index contributed by atoms with van der Waals surface area (Å²) in [6.07, 6.45) is 1.56. The van der Waals surface area contributed by atoms with Crippen LogP contribution >= 0.6 is 0 Å². The molecule has 0 radical (unpaired) electrons. The van der Waals surface area contributed by atoms with E-state index in [2.05, 4.69) is 15.4 Å². The first-order valence-corrected chi connectivity index (χ1v) is 6.28. The number of anilines is 2. The van der Waals surface area contributed by atoms with Crippen molar-refractivity contribution in [1.29, 1.82) is 0 Å². The van der Waals surface area contributed by atoms with E-state index in [1.54, 1.807) is 6.26 Å². The predicted octanol–water partition coefficient (Wildman–Crippen LogP) is 2.27. The van der Waals surface area contributed by atoms with E-state index < -0.39 is 0 Å². The summed E-state index contributed by atoms with van der Waals surface area (Å²) in [5.74, 6) is -0.0191. The summed E-state index contributed by atoms with van der Waals surface area (Å²) in [5.41, 5.74) is 2.72. The average molecular weight is 257 g/mol. The molecule has 1 atom stereocenters. The number of para-hydroxylation sites is 2. The third-order valence-electron chi connectivity index (χ3n) is 3.29. The van der Waals surface area contributed by atoms with E-state index in [9.17, 15) is 4.79 Å². The number of rotatable bonds is 2. The van der Waals surface area contributed by atoms with Crippen LogP contribution in [0.1, 0.15) is 12.6 Å². The SMILES string of the molecule is CC1CN(Cc2ccon2)c2ccccc2NC1=O. The van der Waals surface area contributed by atoms with Gasteiger partial charge in [-0.3, -0.25) is 4.79 Å². The molecule has 3 rings (SSSR count). The van der Waals surface area contributed by atoms with Crippen LogP contribution in [0, 0.1) is 5.92 Å². The molecule has 0 aliphatic carbocycles. The number of fused-ring (bicyclic) bond motifs is 1. The molecule has 5 heteroatoms. The molecule has 5 nitrogen and oxygen atoms in total. The van der Waals surface area contributed by atoms with Crippen LogP contribution in [0.2, 0.25) is 0 Å². The first kappa shape index (κ1) is 11.8. The molecule has 1 N–H and O–H groups in total. The third-order valence-corrected chi connectivity index (χ3v) is 3.29. The molecule has 0 saturated heterocycles. The van der Waals surface area contributed by atoms with Crippen molar-refractivity contribution in [2.45, 2.75) is 13.5 Å². The van der Waals surface area contributed by atoms with Gasteiger partial charge in [-0.15, -0.1) is 0 Å². The lowest BCUT2D eigenvalue weighted by Crippen LogP contribution is -2.30. The maximum absolute atomic E-state index is 12.0. The summed E-state index contributed by atoms with van der Waals surface area (Å²) in [6, 6.07) is 9.66. The predicted molar refractivity (Wildman–Crippen MR) is 71.8 cm³/mol. The highest BCUT2D eigenvalue weighted by molar-refractivity contribution is 5.97. The highest BCUT2D eigenvalue weighted by Crippen LogP contribution is 2.30. The van der Waals surface area contributed by atoms with Gasteiger partial charge in [0.25, 0.3) is 0 Å². The Labute approximate surface area is 111 Å². The molecule has 0 fully saturated rings. The number of hydrogen-bond donors (Lipinski definition) is 1. The summed E-state index contributed by atoms with van der Waals surface area (Å²) in [7, 11) is 0. The molecule has 1 aromatic carbocycles. The van der Waals surface area contributed by atoms with E-state index in [4.69, 9.17) is 4.52 Å². The summed E-state index contributed by atoms with van der Waals surface area (Å²) < 4.78 is 4.86. The summed E-state index contributed by atoms with van der Waals surface area (Å²) >= 11 is 0. The Bertz CT molecular complexity index is 580. The quantitative estimate of drug-likeness (QED) is 0.896. The van der Waals surface area contributed by atoms with Crippen molar-refractivity contribution in [1.82, 2.24) is 5.16 Å². The zero-order valence-corrected chi connectivity index (χ0v) is 10.7. The van der Waals surface area contributed by atoms with Crippen LogP contribution < -0.4 is 10.2 Å². The number of nitrogens with zero attached hydrogens (tertiary/aromatic N) is 2. The van der Waals surface area contributed by atoms with Gasteiger partial charge in [0.1, 0.15) is 12.0 Å². The Balaban J connectivity index is 1.95. The zero-order valence-electron chi connectivity index (χ0n) is 10.7. The molecule has 19 heavy (non-hydrogen) atoms. The van der Waals surface area contributed by atoms with Crippen molar-refractivity contribution in [3.05, 3.63) is 42.3 Å². The van der Waals surface area contributed by atoms with E-state index in [0.29, 0.717) is 13.1 Å². The normalized spacial score (nSPS) is 18.7. The number of aromatic nitrogens is 1. The lowest BCUT2D eigenvalue weighted by Gasteiger charge is -2.24. The number of amides is 1. The van der Waals surface area contributed by atoms with Gasteiger partial charge in [0, 0.05) is 12.6 Å². The number of carbonyl (C=O) groups excluding carboxylic acids is 1. The van der Waals surface area contributed by atoms with E-state index in [1.807, 2.05) is 37.3 Å². The highest BCUT2D eigenvalue weighted by Gasteiger charge is 2.24. The number of nitrogens with one attached hydrogen (secondary N) is 1. The van der Waals surface area contributed by atoms with E-state index in [-0.39, 0.29) is 11.8 Å². The van der Waals surface area contributed by atoms with Crippen LogP contribution in [0.4, 0.5) is 11.4 Å². The summed E-state index contributed by atoms with van der Waals surface area (Å²) in [6.45, 7) is 3.22. The fourth-order valence-corrected chi connectivity index (χ4v) is 2.29. The fraction of sp³-hybridized carbons (Fsp3) is 0.286. The molecule has 2 aromatic rings. The molecule has 1 aliphatic rings. The molecular formula is C14H15N3O2. The topological polar surface area (TPSA) is 58.4 Å². The van der Waals surface area contributed by atoms with Crippen molar-refractivity contribution in [2.75, 3.05) is 16.8 Å². The van der Waals surface area contributed by atoms with Crippen molar-refractivity contribution in [2.24, 2.45) is 5.92 Å². The first-order chi connectivity index (χ1) is 9.24. The third kappa shape index (κ3) is 2.31. The van der Waals surface area contributed by atoms with E-state index in [1.165, 1.54) is 0 Å². The van der Waals surface area contributed by atoms with Gasteiger partial charge in [0.05, 0.1) is 23.8 Å². The maximum Gasteiger partial charge on any atom is 0.229 e. The Kier molecular flexibility index (Phi) is 2.95. The molecular weight excluding hydrogens is 242 g/mol. The minimum atomic E-state index is -0.0701. The van der Waals surface area contributed by atoms with E-state index >= 15 is 0 Å². The molecule has 0 bridgehead atoms. The Morgan fingerprint density at radius 2 is 2.26 bits per heavy atom. The van der Waals surface area contributed by atoms with Crippen LogP contribution in [-0.4, -0.2) is 17.6 Å². The summed E-state index contributed by atoms with van der Waals surface area (Å²) in [4.78, 5) is 14.1. The van der Waals surface area contributed by atoms with Gasteiger partial charge >= 0.3 is 0 Å². The molecule has 98 valence electrons. The largest absolute Gasteiger partial charge is 0.364 e. The van der Waals surface area contributed by atoms with Gasteiger partial charge < -0.3 is 14.7 Å². The van der Waals surface area contributed by atoms with Crippen LogP contribution in [0.3, 0.4) is 0 Å². The number of hydrogen-bond acceptors (Lipinski definition) is 4. The fourth-order valence-electron chi connectivity index (χ4n) is 2.29. The maximum atomic E-state index is 12.0. The summed E-state index contributed by atoms with van der Waals surface area (Å²) in [5, 5.41) is 6.89. The molecule has 2 heterocycles. The van der Waals surface area contributed by atoms with Crippen LogP contribution in [0.25, 0.3) is 0 Å². The monoisotopic (exact) mass is 257 g/mol. The smallest absolute Gasteiger partial charge is 0.229 e. The van der Waals surface area contributed by atoms with Crippen molar-refractivity contribution in [3.63, 3.8) is 0 Å². The Hall–Kier alpha value is -2.30. The van der Waals surface area contributed by atoms with Crippen LogP contribution in [-0.2, 0) is 11.3 Å². The average Bonchev–Trinajstić information content (AvgIpc) is 2.87.